The number of aliphatic carboxylic acids is 1. The van der Waals surface area contributed by atoms with Crippen LogP contribution in [0.4, 0.5) is 0 Å². The minimum absolute atomic E-state index is 0.0192. The fourth-order valence-corrected chi connectivity index (χ4v) is 5.02. The van der Waals surface area contributed by atoms with Crippen molar-refractivity contribution in [3.8, 4) is 0 Å². The van der Waals surface area contributed by atoms with Gasteiger partial charge in [0, 0.05) is 24.0 Å². The summed E-state index contributed by atoms with van der Waals surface area (Å²) in [6.45, 7) is 1.38. The van der Waals surface area contributed by atoms with Crippen molar-refractivity contribution in [1.82, 2.24) is 4.90 Å². The van der Waals surface area contributed by atoms with Crippen molar-refractivity contribution in [2.24, 2.45) is 0 Å². The molecule has 1 aliphatic rings. The maximum atomic E-state index is 11.8. The Labute approximate surface area is 148 Å². The number of nitrogens with zero attached hydrogens (tertiary/aromatic N) is 1. The Balaban J connectivity index is 1.96. The van der Waals surface area contributed by atoms with E-state index in [0.29, 0.717) is 24.4 Å². The smallest absolute Gasteiger partial charge is 0.303 e. The highest BCUT2D eigenvalue weighted by Crippen LogP contribution is 2.23. The molecule has 0 aromatic heterocycles. The number of unbranched alkanes of at least 4 members (excludes halogenated alkanes) is 2. The van der Waals surface area contributed by atoms with Crippen LogP contribution in [-0.2, 0) is 21.2 Å². The van der Waals surface area contributed by atoms with E-state index >= 15 is 0 Å². The molecule has 0 unspecified atom stereocenters. The molecule has 0 aliphatic carbocycles. The van der Waals surface area contributed by atoms with Gasteiger partial charge in [-0.1, -0.05) is 36.2 Å². The number of halogens is 1. The third-order valence-electron chi connectivity index (χ3n) is 4.39. The normalized spacial score (nSPS) is 19.7. The van der Waals surface area contributed by atoms with Crippen LogP contribution in [-0.4, -0.2) is 48.5 Å². The highest BCUT2D eigenvalue weighted by molar-refractivity contribution is 7.91. The summed E-state index contributed by atoms with van der Waals surface area (Å²) in [7, 11) is -2.94. The zero-order chi connectivity index (χ0) is 17.6. The first-order chi connectivity index (χ1) is 11.4. The summed E-state index contributed by atoms with van der Waals surface area (Å²) in [5, 5.41) is 9.37. The average molecular weight is 374 g/mol. The van der Waals surface area contributed by atoms with E-state index in [1.165, 1.54) is 0 Å². The minimum atomic E-state index is -2.94. The molecule has 0 saturated carbocycles. The summed E-state index contributed by atoms with van der Waals surface area (Å²) in [5.41, 5.74) is 0.994. The lowest BCUT2D eigenvalue weighted by Crippen LogP contribution is -2.36. The van der Waals surface area contributed by atoms with Crippen LogP contribution in [0.15, 0.2) is 24.3 Å². The van der Waals surface area contributed by atoms with E-state index in [9.17, 15) is 13.2 Å². The van der Waals surface area contributed by atoms with Gasteiger partial charge < -0.3 is 5.11 Å². The predicted molar refractivity (Wildman–Crippen MR) is 95.0 cm³/mol. The number of benzene rings is 1. The van der Waals surface area contributed by atoms with Gasteiger partial charge in [0.05, 0.1) is 11.5 Å². The molecule has 1 heterocycles. The molecule has 0 bridgehead atoms. The van der Waals surface area contributed by atoms with Crippen LogP contribution in [0.3, 0.4) is 0 Å². The predicted octanol–water partition coefficient (Wildman–Crippen LogP) is 2.97. The summed E-state index contributed by atoms with van der Waals surface area (Å²) in [5.74, 6) is -0.327. The molecule has 1 aromatic rings. The van der Waals surface area contributed by atoms with Crippen molar-refractivity contribution in [2.45, 2.75) is 44.7 Å². The lowest BCUT2D eigenvalue weighted by Gasteiger charge is -2.28. The fourth-order valence-electron chi connectivity index (χ4n) is 3.07. The van der Waals surface area contributed by atoms with Gasteiger partial charge in [-0.15, -0.1) is 0 Å². The van der Waals surface area contributed by atoms with Crippen LogP contribution in [0.1, 0.15) is 37.7 Å². The van der Waals surface area contributed by atoms with Gasteiger partial charge in [-0.2, -0.15) is 0 Å². The highest BCUT2D eigenvalue weighted by Gasteiger charge is 2.32. The van der Waals surface area contributed by atoms with Crippen molar-refractivity contribution < 1.29 is 18.3 Å². The molecule has 0 amide bonds. The number of carbonyl (C=O) groups is 1. The topological polar surface area (TPSA) is 74.7 Å². The Morgan fingerprint density at radius 3 is 2.62 bits per heavy atom. The van der Waals surface area contributed by atoms with E-state index in [1.54, 1.807) is 0 Å². The minimum Gasteiger partial charge on any atom is -0.481 e. The molecule has 0 spiro atoms. The molecule has 1 fully saturated rings. The molecule has 1 N–H and O–H groups in total. The number of carboxylic acids is 1. The summed E-state index contributed by atoms with van der Waals surface area (Å²) in [4.78, 5) is 12.8. The van der Waals surface area contributed by atoms with Crippen molar-refractivity contribution >= 4 is 27.4 Å². The van der Waals surface area contributed by atoms with Gasteiger partial charge in [0.15, 0.2) is 9.84 Å². The van der Waals surface area contributed by atoms with Crippen LogP contribution in [0.25, 0.3) is 0 Å². The Morgan fingerprint density at radius 1 is 1.25 bits per heavy atom. The Hall–Kier alpha value is -1.11. The molecular formula is C17H24ClNO4S. The monoisotopic (exact) mass is 373 g/mol. The van der Waals surface area contributed by atoms with Crippen LogP contribution >= 0.6 is 11.6 Å². The van der Waals surface area contributed by atoms with Crippen LogP contribution in [0.5, 0.6) is 0 Å². The van der Waals surface area contributed by atoms with Gasteiger partial charge >= 0.3 is 5.97 Å². The molecular weight excluding hydrogens is 350 g/mol. The number of rotatable bonds is 9. The first-order valence-corrected chi connectivity index (χ1v) is 10.5. The Bertz CT molecular complexity index is 662. The summed E-state index contributed by atoms with van der Waals surface area (Å²) in [6, 6.07) is 7.63. The van der Waals surface area contributed by atoms with Crippen molar-refractivity contribution in [3.05, 3.63) is 34.9 Å². The molecule has 0 radical (unpaired) electrons. The summed E-state index contributed by atoms with van der Waals surface area (Å²) >= 11 is 6.24. The zero-order valence-electron chi connectivity index (χ0n) is 13.7. The van der Waals surface area contributed by atoms with Gasteiger partial charge in [-0.05, 0) is 37.4 Å². The molecule has 1 atom stereocenters. The van der Waals surface area contributed by atoms with Gasteiger partial charge in [-0.25, -0.2) is 8.42 Å². The summed E-state index contributed by atoms with van der Waals surface area (Å²) < 4.78 is 23.6. The van der Waals surface area contributed by atoms with Crippen LogP contribution in [0, 0.1) is 0 Å². The SMILES string of the molecule is O=C(O)CCCCCN(Cc1ccccc1Cl)[C@H]1CCS(=O)(=O)C1. The van der Waals surface area contributed by atoms with Gasteiger partial charge in [-0.3, -0.25) is 9.69 Å². The van der Waals surface area contributed by atoms with Gasteiger partial charge in [0.2, 0.25) is 0 Å². The second-order valence-electron chi connectivity index (χ2n) is 6.32. The molecule has 1 aromatic carbocycles. The van der Waals surface area contributed by atoms with Crippen molar-refractivity contribution in [2.75, 3.05) is 18.1 Å². The van der Waals surface area contributed by atoms with Gasteiger partial charge in [0.25, 0.3) is 0 Å². The number of carboxylic acid groups (broad SMARTS) is 1. The molecule has 24 heavy (non-hydrogen) atoms. The largest absolute Gasteiger partial charge is 0.481 e. The van der Waals surface area contributed by atoms with E-state index in [0.717, 1.165) is 24.9 Å². The molecule has 134 valence electrons. The second-order valence-corrected chi connectivity index (χ2v) is 8.96. The van der Waals surface area contributed by atoms with Crippen LogP contribution in [0.2, 0.25) is 5.02 Å². The zero-order valence-corrected chi connectivity index (χ0v) is 15.2. The number of hydrogen-bond acceptors (Lipinski definition) is 4. The molecule has 5 nitrogen and oxygen atoms in total. The lowest BCUT2D eigenvalue weighted by atomic mass is 10.1. The van der Waals surface area contributed by atoms with E-state index in [-0.39, 0.29) is 24.0 Å². The molecule has 7 heteroatoms. The van der Waals surface area contributed by atoms with E-state index < -0.39 is 15.8 Å². The molecule has 2 rings (SSSR count). The third-order valence-corrected chi connectivity index (χ3v) is 6.51. The molecule has 1 saturated heterocycles. The summed E-state index contributed by atoms with van der Waals surface area (Å²) in [6.07, 6.45) is 3.17. The standard InChI is InChI=1S/C17H24ClNO4S/c18-16-7-4-3-6-14(16)12-19(10-5-1-2-8-17(20)21)15-9-11-24(22,23)13-15/h3-4,6-7,15H,1-2,5,8-13H2,(H,20,21)/t15-/m0/s1. The maximum Gasteiger partial charge on any atom is 0.303 e. The van der Waals surface area contributed by atoms with E-state index in [4.69, 9.17) is 16.7 Å². The Kier molecular flexibility index (Phi) is 7.07. The fraction of sp³-hybridized carbons (Fsp3) is 0.588. The maximum absolute atomic E-state index is 11.8. The van der Waals surface area contributed by atoms with Crippen molar-refractivity contribution in [3.63, 3.8) is 0 Å². The van der Waals surface area contributed by atoms with Crippen molar-refractivity contribution in [1.29, 1.82) is 0 Å². The average Bonchev–Trinajstić information content (AvgIpc) is 2.87. The number of sulfone groups is 1. The highest BCUT2D eigenvalue weighted by atomic mass is 35.5. The lowest BCUT2D eigenvalue weighted by molar-refractivity contribution is -0.137. The first-order valence-electron chi connectivity index (χ1n) is 8.27. The van der Waals surface area contributed by atoms with E-state index in [2.05, 4.69) is 4.90 Å². The van der Waals surface area contributed by atoms with E-state index in [1.807, 2.05) is 24.3 Å². The second kappa shape index (κ2) is 8.83. The third kappa shape index (κ3) is 6.07. The Morgan fingerprint density at radius 2 is 2.00 bits per heavy atom. The van der Waals surface area contributed by atoms with Gasteiger partial charge in [0.1, 0.15) is 0 Å². The van der Waals surface area contributed by atoms with Crippen LogP contribution < -0.4 is 0 Å². The quantitative estimate of drug-likeness (QED) is 0.673. The first kappa shape index (κ1) is 19.2. The number of hydrogen-bond donors (Lipinski definition) is 1. The molecule has 1 aliphatic heterocycles.